The molecular formula is C21H30N6O. The third-order valence-electron chi connectivity index (χ3n) is 5.27. The van der Waals surface area contributed by atoms with Gasteiger partial charge in [0.05, 0.1) is 24.4 Å². The van der Waals surface area contributed by atoms with Crippen molar-refractivity contribution in [3.05, 3.63) is 60.1 Å². The molecule has 0 amide bonds. The zero-order valence-electron chi connectivity index (χ0n) is 17.4. The number of aromatic nitrogens is 5. The summed E-state index contributed by atoms with van der Waals surface area (Å²) in [6.45, 7) is 12.3. The molecule has 0 saturated heterocycles. The quantitative estimate of drug-likeness (QED) is 0.552. The molecule has 3 rings (SSSR count). The Balaban J connectivity index is 2.00. The van der Waals surface area contributed by atoms with Gasteiger partial charge in [-0.3, -0.25) is 9.88 Å². The second-order valence-electron chi connectivity index (χ2n) is 8.15. The first kappa shape index (κ1) is 20.2. The van der Waals surface area contributed by atoms with Crippen molar-refractivity contribution >= 4 is 0 Å². The summed E-state index contributed by atoms with van der Waals surface area (Å²) in [5, 5.41) is 12.8. The molecule has 0 bridgehead atoms. The molecule has 0 aliphatic carbocycles. The molecule has 0 aliphatic rings. The molecule has 0 unspecified atom stereocenters. The number of hydrogen-bond acceptors (Lipinski definition) is 6. The summed E-state index contributed by atoms with van der Waals surface area (Å²) < 4.78 is 7.63. The van der Waals surface area contributed by atoms with Crippen LogP contribution in [-0.2, 0) is 18.6 Å². The number of tetrazole rings is 1. The van der Waals surface area contributed by atoms with Crippen LogP contribution in [0.3, 0.4) is 0 Å². The molecular weight excluding hydrogens is 352 g/mol. The maximum atomic E-state index is 5.65. The van der Waals surface area contributed by atoms with Crippen molar-refractivity contribution in [3.63, 3.8) is 0 Å². The van der Waals surface area contributed by atoms with Crippen molar-refractivity contribution in [1.29, 1.82) is 0 Å². The molecule has 0 fully saturated rings. The Hall–Kier alpha value is -2.54. The topological polar surface area (TPSA) is 72.9 Å². The fraction of sp³-hybridized carbons (Fsp3) is 0.524. The van der Waals surface area contributed by atoms with Gasteiger partial charge in [0.25, 0.3) is 0 Å². The average molecular weight is 383 g/mol. The van der Waals surface area contributed by atoms with Crippen LogP contribution in [0.4, 0.5) is 0 Å². The smallest absolute Gasteiger partial charge is 0.169 e. The van der Waals surface area contributed by atoms with Gasteiger partial charge in [-0.25, -0.2) is 4.68 Å². The Morgan fingerprint density at radius 1 is 1.18 bits per heavy atom. The molecule has 7 heteroatoms. The summed E-state index contributed by atoms with van der Waals surface area (Å²) in [5.74, 6) is 2.12. The van der Waals surface area contributed by atoms with Crippen LogP contribution in [-0.4, -0.2) is 30.1 Å². The molecule has 1 atom stereocenters. The van der Waals surface area contributed by atoms with Crippen LogP contribution in [0.2, 0.25) is 0 Å². The van der Waals surface area contributed by atoms with Gasteiger partial charge in [0.15, 0.2) is 5.82 Å². The number of rotatable bonds is 9. The van der Waals surface area contributed by atoms with Crippen molar-refractivity contribution in [3.8, 4) is 0 Å². The number of furan rings is 1. The van der Waals surface area contributed by atoms with Crippen molar-refractivity contribution < 1.29 is 4.42 Å². The van der Waals surface area contributed by atoms with E-state index in [4.69, 9.17) is 4.42 Å². The lowest BCUT2D eigenvalue weighted by atomic mass is 9.97. The number of hydrogen-bond donors (Lipinski definition) is 0. The zero-order chi connectivity index (χ0) is 20.1. The van der Waals surface area contributed by atoms with Gasteiger partial charge >= 0.3 is 0 Å². The van der Waals surface area contributed by atoms with Crippen LogP contribution in [0.1, 0.15) is 64.2 Å². The Morgan fingerprint density at radius 3 is 2.61 bits per heavy atom. The first-order valence-electron chi connectivity index (χ1n) is 9.86. The van der Waals surface area contributed by atoms with Gasteiger partial charge in [-0.2, -0.15) is 0 Å². The predicted molar refractivity (Wildman–Crippen MR) is 107 cm³/mol. The van der Waals surface area contributed by atoms with Gasteiger partial charge in [0.2, 0.25) is 0 Å². The van der Waals surface area contributed by atoms with Gasteiger partial charge in [-0.05, 0) is 60.4 Å². The van der Waals surface area contributed by atoms with Gasteiger partial charge in [-0.1, -0.05) is 26.8 Å². The lowest BCUT2D eigenvalue weighted by Gasteiger charge is -2.35. The molecule has 0 aromatic carbocycles. The minimum Gasteiger partial charge on any atom is -0.468 e. The second kappa shape index (κ2) is 8.65. The standard InChI is InChI=1S/C21H30N6O/c1-6-21(4,5)27-20(23-24-25-27)19(16(2)3)26(15-18-10-8-12-28-18)14-17-9-7-11-22-13-17/h7-13,16,19H,6,14-15H2,1-5H3/t19-/m1/s1. The SMILES string of the molecule is CCC(C)(C)n1nnnc1[C@@H](C(C)C)N(Cc1cccnc1)Cc1ccco1. The van der Waals surface area contributed by atoms with Crippen LogP contribution in [0.15, 0.2) is 47.3 Å². The van der Waals surface area contributed by atoms with E-state index in [9.17, 15) is 0 Å². The first-order chi connectivity index (χ1) is 13.4. The molecule has 28 heavy (non-hydrogen) atoms. The van der Waals surface area contributed by atoms with Gasteiger partial charge in [-0.15, -0.1) is 5.10 Å². The highest BCUT2D eigenvalue weighted by molar-refractivity contribution is 5.11. The monoisotopic (exact) mass is 382 g/mol. The van der Waals surface area contributed by atoms with E-state index in [-0.39, 0.29) is 11.6 Å². The van der Waals surface area contributed by atoms with E-state index in [2.05, 4.69) is 66.1 Å². The molecule has 0 saturated carbocycles. The van der Waals surface area contributed by atoms with Gasteiger partial charge in [0.1, 0.15) is 5.76 Å². The summed E-state index contributed by atoms with van der Waals surface area (Å²) in [5.41, 5.74) is 0.991. The van der Waals surface area contributed by atoms with Crippen LogP contribution >= 0.6 is 0 Å². The highest BCUT2D eigenvalue weighted by atomic mass is 16.3. The summed E-state index contributed by atoms with van der Waals surface area (Å²) in [6, 6.07) is 8.03. The summed E-state index contributed by atoms with van der Waals surface area (Å²) in [7, 11) is 0. The maximum Gasteiger partial charge on any atom is 0.169 e. The van der Waals surface area contributed by atoms with E-state index in [0.29, 0.717) is 12.5 Å². The summed E-state index contributed by atoms with van der Waals surface area (Å²) in [4.78, 5) is 6.65. The van der Waals surface area contributed by atoms with E-state index in [0.717, 1.165) is 30.1 Å². The predicted octanol–water partition coefficient (Wildman–Crippen LogP) is 4.21. The fourth-order valence-corrected chi connectivity index (χ4v) is 3.42. The minimum absolute atomic E-state index is 0.0335. The van der Waals surface area contributed by atoms with E-state index >= 15 is 0 Å². The van der Waals surface area contributed by atoms with Gasteiger partial charge < -0.3 is 4.42 Å². The fourth-order valence-electron chi connectivity index (χ4n) is 3.42. The number of nitrogens with zero attached hydrogens (tertiary/aromatic N) is 6. The Morgan fingerprint density at radius 2 is 2.00 bits per heavy atom. The second-order valence-corrected chi connectivity index (χ2v) is 8.15. The molecule has 0 spiro atoms. The lowest BCUT2D eigenvalue weighted by molar-refractivity contribution is 0.109. The normalized spacial score (nSPS) is 13.4. The van der Waals surface area contributed by atoms with Crippen LogP contribution in [0.25, 0.3) is 0 Å². The largest absolute Gasteiger partial charge is 0.468 e. The molecule has 0 radical (unpaired) electrons. The van der Waals surface area contributed by atoms with Crippen molar-refractivity contribution in [2.45, 2.75) is 65.7 Å². The van der Waals surface area contributed by atoms with Crippen molar-refractivity contribution in [1.82, 2.24) is 30.1 Å². The van der Waals surface area contributed by atoms with Crippen LogP contribution in [0, 0.1) is 5.92 Å². The Bertz CT molecular complexity index is 841. The van der Waals surface area contributed by atoms with Crippen molar-refractivity contribution in [2.24, 2.45) is 5.92 Å². The molecule has 0 N–H and O–H groups in total. The molecule has 150 valence electrons. The van der Waals surface area contributed by atoms with Crippen LogP contribution in [0.5, 0.6) is 0 Å². The molecule has 7 nitrogen and oxygen atoms in total. The van der Waals surface area contributed by atoms with Crippen LogP contribution < -0.4 is 0 Å². The molecule has 3 aromatic rings. The van der Waals surface area contributed by atoms with Gasteiger partial charge in [0, 0.05) is 18.9 Å². The van der Waals surface area contributed by atoms with E-state index in [1.54, 1.807) is 12.5 Å². The highest BCUT2D eigenvalue weighted by Gasteiger charge is 2.33. The molecule has 3 heterocycles. The zero-order valence-corrected chi connectivity index (χ0v) is 17.4. The van der Waals surface area contributed by atoms with E-state index in [1.807, 2.05) is 29.1 Å². The lowest BCUT2D eigenvalue weighted by Crippen LogP contribution is -2.37. The third kappa shape index (κ3) is 4.47. The molecule has 0 aliphatic heterocycles. The minimum atomic E-state index is -0.156. The summed E-state index contributed by atoms with van der Waals surface area (Å²) >= 11 is 0. The van der Waals surface area contributed by atoms with Crippen molar-refractivity contribution in [2.75, 3.05) is 0 Å². The van der Waals surface area contributed by atoms with E-state index < -0.39 is 0 Å². The van der Waals surface area contributed by atoms with E-state index in [1.165, 1.54) is 0 Å². The first-order valence-corrected chi connectivity index (χ1v) is 9.86. The average Bonchev–Trinajstić information content (AvgIpc) is 3.35. The Labute approximate surface area is 166 Å². The molecule has 3 aromatic heterocycles. The highest BCUT2D eigenvalue weighted by Crippen LogP contribution is 2.33. The maximum absolute atomic E-state index is 5.65. The third-order valence-corrected chi connectivity index (χ3v) is 5.27. The summed E-state index contributed by atoms with van der Waals surface area (Å²) in [6.07, 6.45) is 6.36. The number of pyridine rings is 1. The Kier molecular flexibility index (Phi) is 6.24.